The van der Waals surface area contributed by atoms with Gasteiger partial charge in [0.25, 0.3) is 0 Å². The van der Waals surface area contributed by atoms with E-state index < -0.39 is 0 Å². The van der Waals surface area contributed by atoms with Gasteiger partial charge in [0.05, 0.1) is 24.4 Å². The molecule has 26 heavy (non-hydrogen) atoms. The summed E-state index contributed by atoms with van der Waals surface area (Å²) in [5, 5.41) is 4.43. The third-order valence-electron chi connectivity index (χ3n) is 5.56. The lowest BCUT2D eigenvalue weighted by molar-refractivity contribution is 0.181. The molecule has 0 bridgehead atoms. The van der Waals surface area contributed by atoms with E-state index in [1.54, 1.807) is 7.11 Å². The van der Waals surface area contributed by atoms with E-state index in [0.29, 0.717) is 12.6 Å². The fourth-order valence-corrected chi connectivity index (χ4v) is 4.74. The first-order valence-corrected chi connectivity index (χ1v) is 9.84. The molecule has 1 aliphatic carbocycles. The van der Waals surface area contributed by atoms with Gasteiger partial charge >= 0.3 is 0 Å². The summed E-state index contributed by atoms with van der Waals surface area (Å²) in [5.41, 5.74) is 2.32. The molecule has 0 radical (unpaired) electrons. The van der Waals surface area contributed by atoms with Crippen molar-refractivity contribution in [1.29, 1.82) is 0 Å². The van der Waals surface area contributed by atoms with Crippen LogP contribution in [0.2, 0.25) is 0 Å². The molecule has 3 heterocycles. The number of thiocarbonyl (C=S) groups is 1. The van der Waals surface area contributed by atoms with Gasteiger partial charge in [-0.05, 0) is 49.3 Å². The van der Waals surface area contributed by atoms with Gasteiger partial charge in [-0.15, -0.1) is 0 Å². The maximum absolute atomic E-state index is 5.79. The zero-order chi connectivity index (χ0) is 17.9. The predicted octanol–water partition coefficient (Wildman–Crippen LogP) is 3.44. The van der Waals surface area contributed by atoms with Gasteiger partial charge in [-0.1, -0.05) is 18.9 Å². The van der Waals surface area contributed by atoms with Gasteiger partial charge in [0.2, 0.25) is 0 Å². The minimum Gasteiger partial charge on any atom is -0.383 e. The van der Waals surface area contributed by atoms with Gasteiger partial charge in [-0.3, -0.25) is 4.98 Å². The molecule has 1 aliphatic heterocycles. The molecule has 2 aliphatic rings. The van der Waals surface area contributed by atoms with Crippen LogP contribution in [0.4, 0.5) is 0 Å². The Labute approximate surface area is 160 Å². The monoisotopic (exact) mass is 370 g/mol. The van der Waals surface area contributed by atoms with E-state index in [1.807, 2.05) is 18.3 Å². The van der Waals surface area contributed by atoms with E-state index in [1.165, 1.54) is 31.4 Å². The highest BCUT2D eigenvalue weighted by Gasteiger charge is 2.44. The van der Waals surface area contributed by atoms with E-state index in [0.717, 1.165) is 17.4 Å². The van der Waals surface area contributed by atoms with Crippen molar-refractivity contribution in [2.45, 2.75) is 50.4 Å². The fourth-order valence-electron chi connectivity index (χ4n) is 4.35. The molecule has 1 saturated heterocycles. The number of nitrogens with one attached hydrogen (secondary N) is 1. The molecule has 0 amide bonds. The summed E-state index contributed by atoms with van der Waals surface area (Å²) in [4.78, 5) is 7.07. The number of ether oxygens (including phenoxy) is 1. The number of hydrogen-bond acceptors (Lipinski definition) is 3. The standard InChI is InChI=1S/C20H26N4OS/c1-25-14-13-23-12-6-10-17(23)19-18(16-9-4-5-11-21-16)22-20(26)24(19)15-7-2-3-8-15/h4-6,9-12,15,18-19H,2-3,7-8,13-14H2,1H3,(H,22,26)/t18-,19+/m1/s1. The van der Waals surface area contributed by atoms with Crippen LogP contribution in [0.1, 0.15) is 49.2 Å². The summed E-state index contributed by atoms with van der Waals surface area (Å²) in [6.45, 7) is 1.54. The largest absolute Gasteiger partial charge is 0.383 e. The molecule has 0 unspecified atom stereocenters. The normalized spacial score (nSPS) is 23.6. The maximum Gasteiger partial charge on any atom is 0.170 e. The molecule has 1 saturated carbocycles. The van der Waals surface area contributed by atoms with E-state index in [2.05, 4.69) is 44.2 Å². The predicted molar refractivity (Wildman–Crippen MR) is 106 cm³/mol. The Morgan fingerprint density at radius 3 is 2.81 bits per heavy atom. The molecular weight excluding hydrogens is 344 g/mol. The van der Waals surface area contributed by atoms with Crippen molar-refractivity contribution in [3.63, 3.8) is 0 Å². The lowest BCUT2D eigenvalue weighted by atomic mass is 9.99. The van der Waals surface area contributed by atoms with Gasteiger partial charge in [0.1, 0.15) is 0 Å². The Morgan fingerprint density at radius 2 is 2.08 bits per heavy atom. The van der Waals surface area contributed by atoms with Crippen LogP contribution in [0.5, 0.6) is 0 Å². The van der Waals surface area contributed by atoms with E-state index in [-0.39, 0.29) is 12.1 Å². The van der Waals surface area contributed by atoms with Crippen molar-refractivity contribution < 1.29 is 4.74 Å². The van der Waals surface area contributed by atoms with Crippen LogP contribution in [-0.2, 0) is 11.3 Å². The van der Waals surface area contributed by atoms with Crippen LogP contribution in [-0.4, -0.2) is 39.3 Å². The molecule has 0 aromatic carbocycles. The summed E-state index contributed by atoms with van der Waals surface area (Å²) in [7, 11) is 1.75. The van der Waals surface area contributed by atoms with Crippen LogP contribution in [0.25, 0.3) is 0 Å². The Hall–Kier alpha value is -1.92. The first-order chi connectivity index (χ1) is 12.8. The third-order valence-corrected chi connectivity index (χ3v) is 5.89. The molecule has 2 aromatic heterocycles. The second kappa shape index (κ2) is 7.76. The number of nitrogens with zero attached hydrogens (tertiary/aromatic N) is 3. The van der Waals surface area contributed by atoms with Crippen LogP contribution in [0.15, 0.2) is 42.7 Å². The minimum atomic E-state index is 0.0699. The molecule has 1 N–H and O–H groups in total. The molecule has 138 valence electrons. The van der Waals surface area contributed by atoms with Gasteiger partial charge < -0.3 is 19.5 Å². The highest BCUT2D eigenvalue weighted by Crippen LogP contribution is 2.42. The second-order valence-corrected chi connectivity index (χ2v) is 7.48. The van der Waals surface area contributed by atoms with Crippen molar-refractivity contribution in [1.82, 2.24) is 19.8 Å². The Bertz CT molecular complexity index is 741. The average Bonchev–Trinajstić information content (AvgIpc) is 3.39. The SMILES string of the molecule is COCCn1cccc1[C@H]1[C@@H](c2ccccn2)NC(=S)N1C1CCCC1. The van der Waals surface area contributed by atoms with Crippen LogP contribution >= 0.6 is 12.2 Å². The zero-order valence-corrected chi connectivity index (χ0v) is 16.0. The van der Waals surface area contributed by atoms with Gasteiger partial charge in [0.15, 0.2) is 5.11 Å². The molecule has 4 rings (SSSR count). The molecular formula is C20H26N4OS. The summed E-state index contributed by atoms with van der Waals surface area (Å²) >= 11 is 5.79. The molecule has 2 atom stereocenters. The number of methoxy groups -OCH3 is 1. The van der Waals surface area contributed by atoms with Crippen LogP contribution in [0, 0.1) is 0 Å². The lowest BCUT2D eigenvalue weighted by Crippen LogP contribution is -2.38. The number of pyridine rings is 1. The van der Waals surface area contributed by atoms with Crippen molar-refractivity contribution in [3.8, 4) is 0 Å². The number of aromatic nitrogens is 2. The highest BCUT2D eigenvalue weighted by molar-refractivity contribution is 7.80. The Morgan fingerprint density at radius 1 is 1.23 bits per heavy atom. The molecule has 2 aromatic rings. The Kier molecular flexibility index (Phi) is 5.22. The van der Waals surface area contributed by atoms with E-state index in [9.17, 15) is 0 Å². The first kappa shape index (κ1) is 17.5. The Balaban J connectivity index is 1.73. The van der Waals surface area contributed by atoms with Crippen molar-refractivity contribution in [2.24, 2.45) is 0 Å². The van der Waals surface area contributed by atoms with Crippen molar-refractivity contribution >= 4 is 17.3 Å². The highest BCUT2D eigenvalue weighted by atomic mass is 32.1. The zero-order valence-electron chi connectivity index (χ0n) is 15.2. The molecule has 5 nitrogen and oxygen atoms in total. The quantitative estimate of drug-likeness (QED) is 0.789. The average molecular weight is 371 g/mol. The van der Waals surface area contributed by atoms with Gasteiger partial charge in [-0.2, -0.15) is 0 Å². The van der Waals surface area contributed by atoms with Gasteiger partial charge in [-0.25, -0.2) is 0 Å². The molecule has 2 fully saturated rings. The number of hydrogen-bond donors (Lipinski definition) is 1. The smallest absolute Gasteiger partial charge is 0.170 e. The lowest BCUT2D eigenvalue weighted by Gasteiger charge is -2.33. The van der Waals surface area contributed by atoms with Crippen molar-refractivity contribution in [3.05, 3.63) is 54.1 Å². The maximum atomic E-state index is 5.79. The summed E-state index contributed by atoms with van der Waals surface area (Å²) in [5.74, 6) is 0. The summed E-state index contributed by atoms with van der Waals surface area (Å²) < 4.78 is 7.60. The minimum absolute atomic E-state index is 0.0699. The first-order valence-electron chi connectivity index (χ1n) is 9.43. The van der Waals surface area contributed by atoms with Gasteiger partial charge in [0, 0.05) is 37.8 Å². The molecule has 0 spiro atoms. The van der Waals surface area contributed by atoms with E-state index in [4.69, 9.17) is 17.0 Å². The summed E-state index contributed by atoms with van der Waals surface area (Å²) in [6.07, 6.45) is 9.00. The van der Waals surface area contributed by atoms with Crippen LogP contribution < -0.4 is 5.32 Å². The fraction of sp³-hybridized carbons (Fsp3) is 0.500. The number of rotatable bonds is 6. The summed E-state index contributed by atoms with van der Waals surface area (Å²) in [6, 6.07) is 11.2. The molecule has 6 heteroatoms. The topological polar surface area (TPSA) is 42.3 Å². The second-order valence-electron chi connectivity index (χ2n) is 7.09. The van der Waals surface area contributed by atoms with E-state index >= 15 is 0 Å². The van der Waals surface area contributed by atoms with Crippen LogP contribution in [0.3, 0.4) is 0 Å². The third kappa shape index (κ3) is 3.23. The van der Waals surface area contributed by atoms with Crippen molar-refractivity contribution in [2.75, 3.05) is 13.7 Å².